The highest BCUT2D eigenvalue weighted by Gasteiger charge is 2.13. The van der Waals surface area contributed by atoms with Crippen LogP contribution in [0.15, 0.2) is 103 Å². The number of amides is 1. The first-order valence-corrected chi connectivity index (χ1v) is 9.34. The van der Waals surface area contributed by atoms with Crippen molar-refractivity contribution >= 4 is 11.6 Å². The van der Waals surface area contributed by atoms with Crippen LogP contribution in [-0.2, 0) is 0 Å². The topological polar surface area (TPSA) is 29.1 Å². The van der Waals surface area contributed by atoms with Crippen molar-refractivity contribution in [3.8, 4) is 22.3 Å². The third kappa shape index (κ3) is 3.72. The van der Waals surface area contributed by atoms with Gasteiger partial charge in [-0.25, -0.2) is 0 Å². The maximum absolute atomic E-state index is 12.9. The lowest BCUT2D eigenvalue weighted by Crippen LogP contribution is -2.13. The lowest BCUT2D eigenvalue weighted by Gasteiger charge is -2.12. The van der Waals surface area contributed by atoms with E-state index in [1.807, 2.05) is 79.7 Å². The van der Waals surface area contributed by atoms with Crippen LogP contribution in [0.3, 0.4) is 0 Å². The van der Waals surface area contributed by atoms with E-state index in [-0.39, 0.29) is 5.91 Å². The molecule has 0 unspecified atom stereocenters. The van der Waals surface area contributed by atoms with Crippen LogP contribution in [0.5, 0.6) is 0 Å². The smallest absolute Gasteiger partial charge is 0.255 e. The molecule has 2 heteroatoms. The maximum Gasteiger partial charge on any atom is 0.255 e. The summed E-state index contributed by atoms with van der Waals surface area (Å²) in [6.45, 7) is 2.00. The molecule has 0 aliphatic rings. The molecule has 0 atom stereocenters. The molecule has 0 fully saturated rings. The van der Waals surface area contributed by atoms with E-state index < -0.39 is 0 Å². The van der Waals surface area contributed by atoms with Crippen molar-refractivity contribution in [1.82, 2.24) is 0 Å². The summed E-state index contributed by atoms with van der Waals surface area (Å²) >= 11 is 0. The number of benzene rings is 4. The van der Waals surface area contributed by atoms with Crippen molar-refractivity contribution in [1.29, 1.82) is 0 Å². The summed E-state index contributed by atoms with van der Waals surface area (Å²) in [4.78, 5) is 12.9. The van der Waals surface area contributed by atoms with Gasteiger partial charge in [-0.1, -0.05) is 84.9 Å². The standard InChI is InChI=1S/C26H21NO/c1-19-24(22-11-6-3-7-12-22)13-8-14-25(19)26(28)27-23-17-15-21(16-18-23)20-9-4-2-5-10-20/h2-18H,1H3,(H,27,28). The van der Waals surface area contributed by atoms with Crippen molar-refractivity contribution in [3.63, 3.8) is 0 Å². The van der Waals surface area contributed by atoms with Gasteiger partial charge < -0.3 is 5.32 Å². The highest BCUT2D eigenvalue weighted by Crippen LogP contribution is 2.26. The summed E-state index contributed by atoms with van der Waals surface area (Å²) in [5.74, 6) is -0.0947. The highest BCUT2D eigenvalue weighted by atomic mass is 16.1. The number of hydrogen-bond donors (Lipinski definition) is 1. The largest absolute Gasteiger partial charge is 0.322 e. The summed E-state index contributed by atoms with van der Waals surface area (Å²) in [6.07, 6.45) is 0. The van der Waals surface area contributed by atoms with Gasteiger partial charge >= 0.3 is 0 Å². The van der Waals surface area contributed by atoms with Gasteiger partial charge in [0.2, 0.25) is 0 Å². The summed E-state index contributed by atoms with van der Waals surface area (Å²) in [7, 11) is 0. The number of carbonyl (C=O) groups is 1. The van der Waals surface area contributed by atoms with Crippen LogP contribution >= 0.6 is 0 Å². The molecule has 1 N–H and O–H groups in total. The van der Waals surface area contributed by atoms with E-state index in [4.69, 9.17) is 0 Å². The Hall–Kier alpha value is -3.65. The minimum Gasteiger partial charge on any atom is -0.322 e. The summed E-state index contributed by atoms with van der Waals surface area (Å²) in [5.41, 5.74) is 6.93. The van der Waals surface area contributed by atoms with E-state index >= 15 is 0 Å². The van der Waals surface area contributed by atoms with E-state index in [9.17, 15) is 4.79 Å². The molecule has 136 valence electrons. The lowest BCUT2D eigenvalue weighted by molar-refractivity contribution is 0.102. The Morgan fingerprint density at radius 3 is 1.82 bits per heavy atom. The lowest BCUT2D eigenvalue weighted by atomic mass is 9.96. The zero-order valence-electron chi connectivity index (χ0n) is 15.7. The molecule has 1 amide bonds. The fourth-order valence-corrected chi connectivity index (χ4v) is 3.39. The first-order chi connectivity index (χ1) is 13.7. The minimum atomic E-state index is -0.0947. The van der Waals surface area contributed by atoms with E-state index in [1.54, 1.807) is 0 Å². The highest BCUT2D eigenvalue weighted by molar-refractivity contribution is 6.06. The van der Waals surface area contributed by atoms with E-state index in [1.165, 1.54) is 0 Å². The van der Waals surface area contributed by atoms with Gasteiger partial charge in [0.15, 0.2) is 0 Å². The fraction of sp³-hybridized carbons (Fsp3) is 0.0385. The SMILES string of the molecule is Cc1c(C(=O)Nc2ccc(-c3ccccc3)cc2)cccc1-c1ccccc1. The van der Waals surface area contributed by atoms with Crippen LogP contribution in [0.25, 0.3) is 22.3 Å². The Kier molecular flexibility index (Phi) is 5.03. The molecule has 0 aliphatic carbocycles. The average Bonchev–Trinajstić information content (AvgIpc) is 2.75. The van der Waals surface area contributed by atoms with Crippen molar-refractivity contribution in [2.24, 2.45) is 0 Å². The van der Waals surface area contributed by atoms with Gasteiger partial charge in [-0.3, -0.25) is 4.79 Å². The number of rotatable bonds is 4. The predicted octanol–water partition coefficient (Wildman–Crippen LogP) is 6.58. The van der Waals surface area contributed by atoms with E-state index in [2.05, 4.69) is 35.6 Å². The van der Waals surface area contributed by atoms with Crippen LogP contribution in [0.4, 0.5) is 5.69 Å². The molecular formula is C26H21NO. The summed E-state index contributed by atoms with van der Waals surface area (Å²) in [5, 5.41) is 3.02. The quantitative estimate of drug-likeness (QED) is 0.436. The number of nitrogens with one attached hydrogen (secondary N) is 1. The van der Waals surface area contributed by atoms with Gasteiger partial charge in [-0.05, 0) is 52.9 Å². The maximum atomic E-state index is 12.9. The van der Waals surface area contributed by atoms with Gasteiger partial charge in [-0.15, -0.1) is 0 Å². The third-order valence-corrected chi connectivity index (χ3v) is 4.91. The normalized spacial score (nSPS) is 10.5. The molecule has 0 heterocycles. The van der Waals surface area contributed by atoms with Crippen molar-refractivity contribution < 1.29 is 4.79 Å². The minimum absolute atomic E-state index is 0.0947. The van der Waals surface area contributed by atoms with Crippen molar-refractivity contribution in [2.45, 2.75) is 6.92 Å². The molecule has 0 aliphatic heterocycles. The third-order valence-electron chi connectivity index (χ3n) is 4.91. The number of carbonyl (C=O) groups excluding carboxylic acids is 1. The molecule has 0 radical (unpaired) electrons. The molecule has 0 bridgehead atoms. The summed E-state index contributed by atoms with van der Waals surface area (Å²) < 4.78 is 0. The Morgan fingerprint density at radius 2 is 1.18 bits per heavy atom. The zero-order valence-corrected chi connectivity index (χ0v) is 15.7. The molecule has 4 aromatic rings. The first-order valence-electron chi connectivity index (χ1n) is 9.34. The van der Waals surface area contributed by atoms with Gasteiger partial charge in [0.25, 0.3) is 5.91 Å². The molecule has 0 saturated heterocycles. The summed E-state index contributed by atoms with van der Waals surface area (Å²) in [6, 6.07) is 34.1. The van der Waals surface area contributed by atoms with Crippen LogP contribution in [-0.4, -0.2) is 5.91 Å². The Bertz CT molecular complexity index is 1080. The molecule has 0 aromatic heterocycles. The molecule has 4 aromatic carbocycles. The first kappa shape index (κ1) is 17.7. The van der Waals surface area contributed by atoms with Crippen LogP contribution in [0.2, 0.25) is 0 Å². The van der Waals surface area contributed by atoms with Gasteiger partial charge in [-0.2, -0.15) is 0 Å². The van der Waals surface area contributed by atoms with Crippen molar-refractivity contribution in [3.05, 3.63) is 114 Å². The number of hydrogen-bond acceptors (Lipinski definition) is 1. The van der Waals surface area contributed by atoms with Crippen LogP contribution in [0.1, 0.15) is 15.9 Å². The molecular weight excluding hydrogens is 342 g/mol. The molecule has 0 spiro atoms. The van der Waals surface area contributed by atoms with Crippen molar-refractivity contribution in [2.75, 3.05) is 5.32 Å². The molecule has 28 heavy (non-hydrogen) atoms. The van der Waals surface area contributed by atoms with Gasteiger partial charge in [0.05, 0.1) is 0 Å². The molecule has 2 nitrogen and oxygen atoms in total. The average molecular weight is 363 g/mol. The number of anilines is 1. The predicted molar refractivity (Wildman–Crippen MR) is 116 cm³/mol. The Balaban J connectivity index is 1.56. The molecule has 0 saturated carbocycles. The van der Waals surface area contributed by atoms with Gasteiger partial charge in [0, 0.05) is 11.3 Å². The Labute approximate surface area is 165 Å². The Morgan fingerprint density at radius 1 is 0.607 bits per heavy atom. The second kappa shape index (κ2) is 7.93. The fourth-order valence-electron chi connectivity index (χ4n) is 3.39. The van der Waals surface area contributed by atoms with Crippen LogP contribution < -0.4 is 5.32 Å². The second-order valence-corrected chi connectivity index (χ2v) is 6.74. The van der Waals surface area contributed by atoms with Gasteiger partial charge in [0.1, 0.15) is 0 Å². The monoisotopic (exact) mass is 363 g/mol. The molecule has 4 rings (SSSR count). The van der Waals surface area contributed by atoms with E-state index in [0.717, 1.165) is 33.5 Å². The van der Waals surface area contributed by atoms with E-state index in [0.29, 0.717) is 5.56 Å². The second-order valence-electron chi connectivity index (χ2n) is 6.74. The van der Waals surface area contributed by atoms with Crippen LogP contribution in [0, 0.1) is 6.92 Å². The zero-order chi connectivity index (χ0) is 19.3.